The smallest absolute Gasteiger partial charge is 0.0851 e. The lowest BCUT2D eigenvalue weighted by Gasteiger charge is -2.44. The standard InChI is InChI=1S/C32H52Si4/c1-21(2)35(22(3)4)29-17-25-16-28-20-32(34(12,13)14)36(23(5)6,24(7)8)30(28)18-26(25)15-27(29)19-31(35)33(9,10)11/h15-24H,1-14H3. The van der Waals surface area contributed by atoms with Gasteiger partial charge in [-0.15, -0.1) is 0 Å². The molecule has 4 rings (SSSR count). The Morgan fingerprint density at radius 3 is 0.972 bits per heavy atom. The summed E-state index contributed by atoms with van der Waals surface area (Å²) >= 11 is 0. The summed E-state index contributed by atoms with van der Waals surface area (Å²) in [5.74, 6) is 0. The molecule has 0 saturated carbocycles. The van der Waals surface area contributed by atoms with Crippen LogP contribution in [0.5, 0.6) is 0 Å². The molecule has 2 aromatic rings. The van der Waals surface area contributed by atoms with Crippen molar-refractivity contribution in [1.29, 1.82) is 0 Å². The van der Waals surface area contributed by atoms with Crippen molar-refractivity contribution < 1.29 is 0 Å². The van der Waals surface area contributed by atoms with Crippen molar-refractivity contribution in [2.24, 2.45) is 0 Å². The summed E-state index contributed by atoms with van der Waals surface area (Å²) in [6.45, 7) is 35.7. The van der Waals surface area contributed by atoms with Gasteiger partial charge in [-0.25, -0.2) is 0 Å². The molecule has 2 aliphatic rings. The highest BCUT2D eigenvalue weighted by molar-refractivity contribution is 7.16. The van der Waals surface area contributed by atoms with Gasteiger partial charge in [-0.3, -0.25) is 0 Å². The van der Waals surface area contributed by atoms with Gasteiger partial charge in [0.05, 0.1) is 16.1 Å². The van der Waals surface area contributed by atoms with Crippen LogP contribution in [-0.4, -0.2) is 32.3 Å². The van der Waals surface area contributed by atoms with Crippen LogP contribution in [0.15, 0.2) is 33.9 Å². The van der Waals surface area contributed by atoms with E-state index >= 15 is 0 Å². The summed E-state index contributed by atoms with van der Waals surface area (Å²) in [7, 11) is -6.47. The highest BCUT2D eigenvalue weighted by Gasteiger charge is 2.54. The number of hydrogen-bond acceptors (Lipinski definition) is 0. The SMILES string of the molecule is CC(C)[Si]1(C(C)C)C([Si](C)(C)C)=Cc2cc3cc4c(cc3cc21)C=C([Si](C)(C)C)[Si]4(C(C)C)C(C)C. The Labute approximate surface area is 226 Å². The van der Waals surface area contributed by atoms with Crippen molar-refractivity contribution in [1.82, 2.24) is 0 Å². The van der Waals surface area contributed by atoms with Crippen molar-refractivity contribution in [3.63, 3.8) is 0 Å². The maximum atomic E-state index is 2.70. The Kier molecular flexibility index (Phi) is 6.85. The fraction of sp³-hybridized carbons (Fsp3) is 0.562. The van der Waals surface area contributed by atoms with Crippen LogP contribution in [-0.2, 0) is 0 Å². The van der Waals surface area contributed by atoms with Crippen molar-refractivity contribution in [3.8, 4) is 0 Å². The van der Waals surface area contributed by atoms with E-state index in [4.69, 9.17) is 0 Å². The number of rotatable bonds is 6. The number of hydrogen-bond donors (Lipinski definition) is 0. The van der Waals surface area contributed by atoms with Crippen LogP contribution in [0.1, 0.15) is 66.5 Å². The van der Waals surface area contributed by atoms with E-state index in [9.17, 15) is 0 Å². The highest BCUT2D eigenvalue weighted by atomic mass is 28.4. The highest BCUT2D eigenvalue weighted by Crippen LogP contribution is 2.49. The van der Waals surface area contributed by atoms with Gasteiger partial charge < -0.3 is 0 Å². The Bertz CT molecular complexity index is 1140. The lowest BCUT2D eigenvalue weighted by molar-refractivity contribution is 0.925. The third-order valence-electron chi connectivity index (χ3n) is 9.82. The van der Waals surface area contributed by atoms with E-state index in [-0.39, 0.29) is 0 Å². The van der Waals surface area contributed by atoms with Gasteiger partial charge in [-0.05, 0) is 66.6 Å². The zero-order valence-corrected chi connectivity index (χ0v) is 29.8. The quantitative estimate of drug-likeness (QED) is 0.315. The van der Waals surface area contributed by atoms with Crippen LogP contribution >= 0.6 is 0 Å². The maximum absolute atomic E-state index is 2.70. The molecule has 0 nitrogen and oxygen atoms in total. The van der Waals surface area contributed by atoms with Gasteiger partial charge in [-0.1, -0.05) is 129 Å². The zero-order chi connectivity index (χ0) is 27.2. The second-order valence-electron chi connectivity index (χ2n) is 15.2. The minimum absolute atomic E-state index is 0.726. The number of fused-ring (bicyclic) bond motifs is 3. The molecule has 0 atom stereocenters. The first kappa shape index (κ1) is 28.1. The molecular formula is C32H52Si4. The minimum atomic E-state index is -1.80. The Balaban J connectivity index is 2.06. The largest absolute Gasteiger partial charge is 0.115 e. The van der Waals surface area contributed by atoms with E-state index in [2.05, 4.69) is 131 Å². The average molecular weight is 549 g/mol. The third-order valence-corrected chi connectivity index (χ3v) is 32.3. The molecule has 36 heavy (non-hydrogen) atoms. The molecular weight excluding hydrogens is 497 g/mol. The summed E-state index contributed by atoms with van der Waals surface area (Å²) in [6, 6.07) is 10.6. The van der Waals surface area contributed by atoms with Crippen LogP contribution in [0, 0.1) is 0 Å². The molecule has 4 heteroatoms. The molecule has 0 N–H and O–H groups in total. The van der Waals surface area contributed by atoms with Crippen LogP contribution < -0.4 is 10.4 Å². The van der Waals surface area contributed by atoms with E-state index < -0.39 is 32.3 Å². The number of benzene rings is 2. The molecule has 2 heterocycles. The normalized spacial score (nSPS) is 18.9. The summed E-state index contributed by atoms with van der Waals surface area (Å²) < 4.78 is 0. The second kappa shape index (κ2) is 8.79. The van der Waals surface area contributed by atoms with E-state index in [1.807, 2.05) is 9.64 Å². The van der Waals surface area contributed by atoms with Gasteiger partial charge in [0.15, 0.2) is 0 Å². The molecule has 0 spiro atoms. The molecule has 2 aromatic carbocycles. The van der Waals surface area contributed by atoms with Crippen molar-refractivity contribution in [3.05, 3.63) is 45.0 Å². The van der Waals surface area contributed by atoms with E-state index in [0.717, 1.165) is 22.2 Å². The predicted octanol–water partition coefficient (Wildman–Crippen LogP) is 9.42. The lowest BCUT2D eigenvalue weighted by Crippen LogP contribution is -2.58. The van der Waals surface area contributed by atoms with Crippen molar-refractivity contribution >= 4 is 65.6 Å². The van der Waals surface area contributed by atoms with Crippen molar-refractivity contribution in [2.45, 2.75) is 117 Å². The molecule has 0 aromatic heterocycles. The van der Waals surface area contributed by atoms with Gasteiger partial charge in [0.1, 0.15) is 16.1 Å². The first-order valence-corrected chi connectivity index (χ1v) is 25.8. The molecule has 0 saturated heterocycles. The van der Waals surface area contributed by atoms with Crippen LogP contribution in [0.25, 0.3) is 22.9 Å². The first-order chi connectivity index (χ1) is 16.4. The Morgan fingerprint density at radius 1 is 0.472 bits per heavy atom. The summed E-state index contributed by atoms with van der Waals surface area (Å²) in [6.07, 6.45) is 5.39. The third kappa shape index (κ3) is 3.76. The van der Waals surface area contributed by atoms with Gasteiger partial charge in [0, 0.05) is 0 Å². The summed E-state index contributed by atoms with van der Waals surface area (Å²) in [5, 5.41) is 6.45. The Hall–Kier alpha value is -0.952. The molecule has 0 unspecified atom stereocenters. The van der Waals surface area contributed by atoms with Crippen LogP contribution in [0.2, 0.25) is 61.4 Å². The van der Waals surface area contributed by atoms with Gasteiger partial charge in [0.2, 0.25) is 0 Å². The lowest BCUT2D eigenvalue weighted by atomic mass is 10.0. The van der Waals surface area contributed by atoms with Gasteiger partial charge >= 0.3 is 0 Å². The Morgan fingerprint density at radius 2 is 0.750 bits per heavy atom. The topological polar surface area (TPSA) is 0 Å². The molecule has 196 valence electrons. The fourth-order valence-corrected chi connectivity index (χ4v) is 35.1. The molecule has 0 aliphatic carbocycles. The molecule has 0 bridgehead atoms. The van der Waals surface area contributed by atoms with Crippen LogP contribution in [0.4, 0.5) is 0 Å². The first-order valence-electron chi connectivity index (χ1n) is 14.5. The molecule has 0 radical (unpaired) electrons. The van der Waals surface area contributed by atoms with Crippen molar-refractivity contribution in [2.75, 3.05) is 0 Å². The zero-order valence-electron chi connectivity index (χ0n) is 25.8. The predicted molar refractivity (Wildman–Crippen MR) is 178 cm³/mol. The van der Waals surface area contributed by atoms with Gasteiger partial charge in [-0.2, -0.15) is 0 Å². The molecule has 0 amide bonds. The van der Waals surface area contributed by atoms with E-state index in [0.29, 0.717) is 0 Å². The minimum Gasteiger partial charge on any atom is -0.0851 e. The summed E-state index contributed by atoms with van der Waals surface area (Å²) in [4.78, 5) is 3.79. The average Bonchev–Trinajstić information content (AvgIpc) is 3.24. The van der Waals surface area contributed by atoms with Crippen LogP contribution in [0.3, 0.4) is 0 Å². The van der Waals surface area contributed by atoms with E-state index in [1.54, 1.807) is 21.5 Å². The molecule has 2 aliphatic heterocycles. The monoisotopic (exact) mass is 548 g/mol. The second-order valence-corrected chi connectivity index (χ2v) is 36.5. The fourth-order valence-electron chi connectivity index (χ4n) is 8.68. The summed E-state index contributed by atoms with van der Waals surface area (Å²) in [5.41, 5.74) is 6.03. The van der Waals surface area contributed by atoms with E-state index in [1.165, 1.54) is 10.8 Å². The maximum Gasteiger partial charge on any atom is 0.115 e. The molecule has 0 fully saturated rings. The van der Waals surface area contributed by atoms with Gasteiger partial charge in [0.25, 0.3) is 0 Å².